The maximum Gasteiger partial charge on any atom is 0.335 e. The van der Waals surface area contributed by atoms with Crippen LogP contribution in [0.2, 0.25) is 0 Å². The van der Waals surface area contributed by atoms with Crippen LogP contribution in [-0.4, -0.2) is 41.1 Å². The number of nitrogens with zero attached hydrogens (tertiary/aromatic N) is 1. The molecule has 1 fully saturated rings. The van der Waals surface area contributed by atoms with Crippen LogP contribution in [0, 0.1) is 0 Å². The standard InChI is InChI=1S/C26H26N2O6/c1-4-7-20-13-18(14-21-24(29)28(12-5-2)26(32)27-21)15-22(33-6-3)23(20)34-16-17-8-10-19(11-9-17)25(30)31/h4-5,8-11,13-15H,1-2,6-7,12,16H2,3H3,(H,27,32)(H,30,31). The number of carbonyl (C=O) groups is 3. The minimum atomic E-state index is -0.992. The lowest BCUT2D eigenvalue weighted by Gasteiger charge is -2.17. The number of hydrogen-bond acceptors (Lipinski definition) is 5. The third-order valence-corrected chi connectivity index (χ3v) is 4.99. The number of benzene rings is 2. The highest BCUT2D eigenvalue weighted by Crippen LogP contribution is 2.35. The molecule has 1 aliphatic rings. The Morgan fingerprint density at radius 3 is 2.47 bits per heavy atom. The van der Waals surface area contributed by atoms with Crippen LogP contribution in [0.3, 0.4) is 0 Å². The number of hydrogen-bond donors (Lipinski definition) is 2. The molecule has 0 radical (unpaired) electrons. The molecule has 3 rings (SSSR count). The third kappa shape index (κ3) is 5.53. The summed E-state index contributed by atoms with van der Waals surface area (Å²) in [5, 5.41) is 11.6. The fourth-order valence-corrected chi connectivity index (χ4v) is 3.43. The van der Waals surface area contributed by atoms with E-state index in [9.17, 15) is 14.4 Å². The Kier molecular flexibility index (Phi) is 7.87. The van der Waals surface area contributed by atoms with Crippen LogP contribution in [0.1, 0.15) is 34.0 Å². The first kappa shape index (κ1) is 24.3. The molecule has 0 atom stereocenters. The predicted octanol–water partition coefficient (Wildman–Crippen LogP) is 4.17. The van der Waals surface area contributed by atoms with Gasteiger partial charge in [0.05, 0.1) is 12.2 Å². The average Bonchev–Trinajstić information content (AvgIpc) is 3.07. The molecule has 0 aromatic heterocycles. The molecular formula is C26H26N2O6. The van der Waals surface area contributed by atoms with Crippen molar-refractivity contribution >= 4 is 24.0 Å². The Morgan fingerprint density at radius 1 is 1.12 bits per heavy atom. The Hall–Kier alpha value is -4.33. The second kappa shape index (κ2) is 11.0. The SMILES string of the molecule is C=CCc1cc(C=C2NC(=O)N(CC=C)C2=O)cc(OCC)c1OCc1ccc(C(=O)O)cc1. The number of carboxylic acids is 1. The van der Waals surface area contributed by atoms with Crippen LogP contribution in [0.15, 0.2) is 67.4 Å². The number of rotatable bonds is 11. The number of aromatic carboxylic acids is 1. The lowest BCUT2D eigenvalue weighted by atomic mass is 10.0. The normalized spacial score (nSPS) is 14.1. The molecule has 1 aliphatic heterocycles. The van der Waals surface area contributed by atoms with Crippen molar-refractivity contribution in [2.24, 2.45) is 0 Å². The fourth-order valence-electron chi connectivity index (χ4n) is 3.43. The summed E-state index contributed by atoms with van der Waals surface area (Å²) >= 11 is 0. The van der Waals surface area contributed by atoms with Gasteiger partial charge in [-0.3, -0.25) is 9.69 Å². The van der Waals surface area contributed by atoms with Gasteiger partial charge in [-0.25, -0.2) is 9.59 Å². The van der Waals surface area contributed by atoms with E-state index in [1.54, 1.807) is 30.4 Å². The van der Waals surface area contributed by atoms with Crippen LogP contribution in [0.25, 0.3) is 6.08 Å². The van der Waals surface area contributed by atoms with E-state index < -0.39 is 17.9 Å². The van der Waals surface area contributed by atoms with Gasteiger partial charge in [0.15, 0.2) is 11.5 Å². The van der Waals surface area contributed by atoms with E-state index in [4.69, 9.17) is 14.6 Å². The highest BCUT2D eigenvalue weighted by molar-refractivity contribution is 6.14. The first-order valence-electron chi connectivity index (χ1n) is 10.7. The first-order valence-corrected chi connectivity index (χ1v) is 10.7. The summed E-state index contributed by atoms with van der Waals surface area (Å²) in [5.74, 6) is -0.413. The molecule has 2 N–H and O–H groups in total. The maximum absolute atomic E-state index is 12.5. The van der Waals surface area contributed by atoms with Gasteiger partial charge in [0, 0.05) is 12.1 Å². The fraction of sp³-hybridized carbons (Fsp3) is 0.192. The summed E-state index contributed by atoms with van der Waals surface area (Å²) in [6.07, 6.45) is 5.28. The van der Waals surface area contributed by atoms with Gasteiger partial charge in [0.2, 0.25) is 0 Å². The number of imide groups is 1. The zero-order valence-electron chi connectivity index (χ0n) is 18.9. The molecule has 0 aliphatic carbocycles. The number of urea groups is 1. The predicted molar refractivity (Wildman–Crippen MR) is 128 cm³/mol. The second-order valence-electron chi connectivity index (χ2n) is 7.42. The topological polar surface area (TPSA) is 105 Å². The lowest BCUT2D eigenvalue weighted by molar-refractivity contribution is -0.122. The van der Waals surface area contributed by atoms with Gasteiger partial charge in [0.1, 0.15) is 12.3 Å². The van der Waals surface area contributed by atoms with Gasteiger partial charge in [-0.1, -0.05) is 24.3 Å². The smallest absolute Gasteiger partial charge is 0.335 e. The Labute approximate surface area is 197 Å². The van der Waals surface area contributed by atoms with Crippen LogP contribution in [-0.2, 0) is 17.8 Å². The second-order valence-corrected chi connectivity index (χ2v) is 7.42. The molecule has 1 heterocycles. The molecule has 1 saturated heterocycles. The van der Waals surface area contributed by atoms with E-state index in [1.807, 2.05) is 13.0 Å². The molecule has 0 spiro atoms. The molecule has 2 aromatic rings. The van der Waals surface area contributed by atoms with Gasteiger partial charge in [-0.2, -0.15) is 0 Å². The zero-order valence-corrected chi connectivity index (χ0v) is 18.9. The Bertz CT molecular complexity index is 1150. The number of allylic oxidation sites excluding steroid dienone is 1. The van der Waals surface area contributed by atoms with Crippen molar-refractivity contribution in [3.63, 3.8) is 0 Å². The summed E-state index contributed by atoms with van der Waals surface area (Å²) in [6, 6.07) is 9.51. The molecule has 176 valence electrons. The number of ether oxygens (including phenoxy) is 2. The molecule has 3 amide bonds. The first-order chi connectivity index (χ1) is 16.4. The van der Waals surface area contributed by atoms with Crippen LogP contribution in [0.4, 0.5) is 4.79 Å². The average molecular weight is 463 g/mol. The van der Waals surface area contributed by atoms with Gasteiger partial charge < -0.3 is 19.9 Å². The van der Waals surface area contributed by atoms with Crippen molar-refractivity contribution in [3.05, 3.63) is 89.7 Å². The Morgan fingerprint density at radius 2 is 1.85 bits per heavy atom. The van der Waals surface area contributed by atoms with E-state index in [0.717, 1.165) is 16.0 Å². The van der Waals surface area contributed by atoms with Gasteiger partial charge in [0.25, 0.3) is 5.91 Å². The van der Waals surface area contributed by atoms with Crippen molar-refractivity contribution < 1.29 is 29.0 Å². The van der Waals surface area contributed by atoms with E-state index in [1.165, 1.54) is 18.2 Å². The molecular weight excluding hydrogens is 436 g/mol. The largest absolute Gasteiger partial charge is 0.490 e. The maximum atomic E-state index is 12.5. The summed E-state index contributed by atoms with van der Waals surface area (Å²) in [4.78, 5) is 36.7. The minimum Gasteiger partial charge on any atom is -0.490 e. The van der Waals surface area contributed by atoms with Crippen molar-refractivity contribution in [1.82, 2.24) is 10.2 Å². The van der Waals surface area contributed by atoms with Gasteiger partial charge in [-0.05, 0) is 54.8 Å². The number of amides is 3. The van der Waals surface area contributed by atoms with E-state index >= 15 is 0 Å². The molecule has 0 bridgehead atoms. The van der Waals surface area contributed by atoms with Crippen molar-refractivity contribution in [1.29, 1.82) is 0 Å². The highest BCUT2D eigenvalue weighted by atomic mass is 16.5. The molecule has 34 heavy (non-hydrogen) atoms. The summed E-state index contributed by atoms with van der Waals surface area (Å²) in [5.41, 5.74) is 2.59. The Balaban J connectivity index is 1.92. The summed E-state index contributed by atoms with van der Waals surface area (Å²) in [6.45, 7) is 9.94. The summed E-state index contributed by atoms with van der Waals surface area (Å²) in [7, 11) is 0. The van der Waals surface area contributed by atoms with Crippen LogP contribution >= 0.6 is 0 Å². The van der Waals surface area contributed by atoms with E-state index in [2.05, 4.69) is 18.5 Å². The van der Waals surface area contributed by atoms with Gasteiger partial charge in [-0.15, -0.1) is 13.2 Å². The van der Waals surface area contributed by atoms with Crippen LogP contribution < -0.4 is 14.8 Å². The van der Waals surface area contributed by atoms with Gasteiger partial charge >= 0.3 is 12.0 Å². The van der Waals surface area contributed by atoms with Crippen molar-refractivity contribution in [2.75, 3.05) is 13.2 Å². The summed E-state index contributed by atoms with van der Waals surface area (Å²) < 4.78 is 11.9. The van der Waals surface area contributed by atoms with Crippen molar-refractivity contribution in [2.45, 2.75) is 20.0 Å². The number of nitrogens with one attached hydrogen (secondary N) is 1. The minimum absolute atomic E-state index is 0.119. The number of carbonyl (C=O) groups excluding carboxylic acids is 2. The highest BCUT2D eigenvalue weighted by Gasteiger charge is 2.32. The zero-order chi connectivity index (χ0) is 24.7. The van der Waals surface area contributed by atoms with Crippen molar-refractivity contribution in [3.8, 4) is 11.5 Å². The lowest BCUT2D eigenvalue weighted by Crippen LogP contribution is -2.30. The number of carboxylic acid groups (broad SMARTS) is 1. The van der Waals surface area contributed by atoms with E-state index in [-0.39, 0.29) is 24.4 Å². The molecule has 2 aromatic carbocycles. The third-order valence-electron chi connectivity index (χ3n) is 4.99. The monoisotopic (exact) mass is 462 g/mol. The molecule has 8 nitrogen and oxygen atoms in total. The quantitative estimate of drug-likeness (QED) is 0.295. The van der Waals surface area contributed by atoms with Crippen LogP contribution in [0.5, 0.6) is 11.5 Å². The molecule has 0 saturated carbocycles. The molecule has 8 heteroatoms. The van der Waals surface area contributed by atoms with E-state index in [0.29, 0.717) is 30.1 Å². The molecule has 0 unspecified atom stereocenters.